The van der Waals surface area contributed by atoms with Crippen molar-refractivity contribution in [3.63, 3.8) is 0 Å². The summed E-state index contributed by atoms with van der Waals surface area (Å²) in [6.07, 6.45) is 6.74. The van der Waals surface area contributed by atoms with Gasteiger partial charge >= 0.3 is 6.09 Å². The maximum absolute atomic E-state index is 13.5. The number of fused-ring (bicyclic) bond motifs is 2. The summed E-state index contributed by atoms with van der Waals surface area (Å²) in [6.45, 7) is 10.6. The molecule has 0 aromatic carbocycles. The third-order valence-electron chi connectivity index (χ3n) is 7.26. The molecule has 2 bridgehead atoms. The monoisotopic (exact) mass is 505 g/mol. The third-order valence-corrected chi connectivity index (χ3v) is 7.26. The summed E-state index contributed by atoms with van der Waals surface area (Å²) >= 11 is 0. The maximum atomic E-state index is 13.5. The molecule has 3 rings (SSSR count). The number of rotatable bonds is 11. The van der Waals surface area contributed by atoms with Crippen LogP contribution in [0.15, 0.2) is 6.20 Å². The van der Waals surface area contributed by atoms with Gasteiger partial charge < -0.3 is 25.8 Å². The fraction of sp³-hybridized carbons (Fsp3) is 0.769. The zero-order valence-corrected chi connectivity index (χ0v) is 22.3. The Bertz CT molecular complexity index is 928. The van der Waals surface area contributed by atoms with Gasteiger partial charge in [0.25, 0.3) is 5.91 Å². The van der Waals surface area contributed by atoms with Crippen LogP contribution in [0.25, 0.3) is 0 Å². The van der Waals surface area contributed by atoms with Gasteiger partial charge in [-0.25, -0.2) is 9.48 Å². The Morgan fingerprint density at radius 2 is 2.00 bits per heavy atom. The average molecular weight is 506 g/mol. The van der Waals surface area contributed by atoms with Crippen LogP contribution < -0.4 is 21.1 Å². The summed E-state index contributed by atoms with van der Waals surface area (Å²) in [4.78, 5) is 36.4. The molecule has 0 aliphatic heterocycles. The predicted octanol–water partition coefficient (Wildman–Crippen LogP) is 3.24. The summed E-state index contributed by atoms with van der Waals surface area (Å²) in [5, 5.41) is 10.6. The van der Waals surface area contributed by atoms with E-state index in [1.807, 2.05) is 27.7 Å². The second kappa shape index (κ2) is 12.0. The van der Waals surface area contributed by atoms with E-state index in [2.05, 4.69) is 15.7 Å². The first-order chi connectivity index (χ1) is 16.9. The number of aryl methyl sites for hydroxylation is 1. The lowest BCUT2D eigenvalue weighted by atomic mass is 9.65. The lowest BCUT2D eigenvalue weighted by Gasteiger charge is -2.45. The molecule has 2 aliphatic rings. The Kier molecular flexibility index (Phi) is 9.24. The number of hydrogen-bond acceptors (Lipinski definition) is 6. The van der Waals surface area contributed by atoms with E-state index >= 15 is 0 Å². The average Bonchev–Trinajstić information content (AvgIpc) is 3.19. The van der Waals surface area contributed by atoms with E-state index in [4.69, 9.17) is 15.2 Å². The quantitative estimate of drug-likeness (QED) is 0.422. The third kappa shape index (κ3) is 7.61. The van der Waals surface area contributed by atoms with Crippen molar-refractivity contribution in [2.24, 2.45) is 29.4 Å². The number of carbonyl (C=O) groups excluding carboxylic acids is 3. The molecular formula is C26H43N5O5. The van der Waals surface area contributed by atoms with E-state index in [-0.39, 0.29) is 36.3 Å². The Hall–Kier alpha value is -2.78. The van der Waals surface area contributed by atoms with Crippen molar-refractivity contribution < 1.29 is 23.9 Å². The normalized spacial score (nSPS) is 23.7. The van der Waals surface area contributed by atoms with Gasteiger partial charge in [-0.3, -0.25) is 9.59 Å². The molecule has 202 valence electrons. The number of carbonyl (C=O) groups is 3. The zero-order valence-electron chi connectivity index (χ0n) is 22.3. The summed E-state index contributed by atoms with van der Waals surface area (Å²) in [5.74, 6) is 1.34. The predicted molar refractivity (Wildman–Crippen MR) is 135 cm³/mol. The second-order valence-corrected chi connectivity index (χ2v) is 11.5. The highest BCUT2D eigenvalue weighted by atomic mass is 16.5. The molecule has 10 nitrogen and oxygen atoms in total. The molecule has 2 aliphatic carbocycles. The van der Waals surface area contributed by atoms with Crippen LogP contribution in [0.2, 0.25) is 0 Å². The van der Waals surface area contributed by atoms with Crippen molar-refractivity contribution in [1.29, 1.82) is 0 Å². The molecule has 0 radical (unpaired) electrons. The SMILES string of the molecule is CC(=O)NC(C)(C)CCn1ncc(C(=O)N[C@H]2C3CCCC(C3)CC2COC(N)=O)c1OCC(C)C. The molecule has 3 unspecified atom stereocenters. The fourth-order valence-corrected chi connectivity index (χ4v) is 5.67. The molecule has 0 spiro atoms. The summed E-state index contributed by atoms with van der Waals surface area (Å²) in [5.41, 5.74) is 5.19. The Morgan fingerprint density at radius 1 is 1.25 bits per heavy atom. The minimum Gasteiger partial charge on any atom is -0.477 e. The number of amides is 3. The van der Waals surface area contributed by atoms with Crippen molar-refractivity contribution in [1.82, 2.24) is 20.4 Å². The van der Waals surface area contributed by atoms with Crippen LogP contribution in [0, 0.1) is 23.7 Å². The van der Waals surface area contributed by atoms with E-state index in [1.165, 1.54) is 13.3 Å². The minimum atomic E-state index is -0.788. The summed E-state index contributed by atoms with van der Waals surface area (Å²) < 4.78 is 12.9. The van der Waals surface area contributed by atoms with Crippen LogP contribution in [0.4, 0.5) is 4.79 Å². The van der Waals surface area contributed by atoms with Crippen molar-refractivity contribution in [3.05, 3.63) is 11.8 Å². The highest BCUT2D eigenvalue weighted by Gasteiger charge is 2.41. The number of primary amides is 1. The highest BCUT2D eigenvalue weighted by Crippen LogP contribution is 2.43. The first-order valence-electron chi connectivity index (χ1n) is 13.2. The molecule has 2 saturated carbocycles. The van der Waals surface area contributed by atoms with E-state index < -0.39 is 11.6 Å². The lowest BCUT2D eigenvalue weighted by molar-refractivity contribution is -0.120. The fourth-order valence-electron chi connectivity index (χ4n) is 5.67. The van der Waals surface area contributed by atoms with Gasteiger partial charge in [0.2, 0.25) is 11.8 Å². The number of aromatic nitrogens is 2. The van der Waals surface area contributed by atoms with Gasteiger partial charge in [-0.05, 0) is 57.3 Å². The van der Waals surface area contributed by atoms with Crippen molar-refractivity contribution in [2.45, 2.75) is 91.3 Å². The van der Waals surface area contributed by atoms with Gasteiger partial charge in [-0.2, -0.15) is 5.10 Å². The number of hydrogen-bond donors (Lipinski definition) is 3. The van der Waals surface area contributed by atoms with E-state index in [9.17, 15) is 14.4 Å². The van der Waals surface area contributed by atoms with Gasteiger partial charge in [0, 0.05) is 31.0 Å². The molecular weight excluding hydrogens is 462 g/mol. The van der Waals surface area contributed by atoms with Gasteiger partial charge in [-0.1, -0.05) is 26.7 Å². The Balaban J connectivity index is 1.78. The second-order valence-electron chi connectivity index (χ2n) is 11.5. The molecule has 0 saturated heterocycles. The first-order valence-corrected chi connectivity index (χ1v) is 13.2. The van der Waals surface area contributed by atoms with Crippen LogP contribution in [-0.2, 0) is 16.1 Å². The molecule has 4 atom stereocenters. The molecule has 1 aromatic rings. The van der Waals surface area contributed by atoms with Gasteiger partial charge in [-0.15, -0.1) is 0 Å². The van der Waals surface area contributed by atoms with Crippen molar-refractivity contribution >= 4 is 17.9 Å². The van der Waals surface area contributed by atoms with E-state index in [0.29, 0.717) is 42.9 Å². The minimum absolute atomic E-state index is 0.0269. The van der Waals surface area contributed by atoms with Gasteiger partial charge in [0.05, 0.1) is 19.4 Å². The van der Waals surface area contributed by atoms with E-state index in [0.717, 1.165) is 25.7 Å². The molecule has 1 aromatic heterocycles. The van der Waals surface area contributed by atoms with Crippen LogP contribution in [0.5, 0.6) is 5.88 Å². The Labute approximate surface area is 214 Å². The maximum Gasteiger partial charge on any atom is 0.404 e. The topological polar surface area (TPSA) is 138 Å². The number of ether oxygens (including phenoxy) is 2. The molecule has 2 fully saturated rings. The number of nitrogens with zero attached hydrogens (tertiary/aromatic N) is 2. The summed E-state index contributed by atoms with van der Waals surface area (Å²) in [7, 11) is 0. The highest BCUT2D eigenvalue weighted by molar-refractivity contribution is 5.96. The van der Waals surface area contributed by atoms with E-state index in [1.54, 1.807) is 10.9 Å². The Morgan fingerprint density at radius 3 is 2.67 bits per heavy atom. The molecule has 1 heterocycles. The van der Waals surface area contributed by atoms with Crippen molar-refractivity contribution in [2.75, 3.05) is 13.2 Å². The molecule has 3 amide bonds. The van der Waals surface area contributed by atoms with Gasteiger partial charge in [0.1, 0.15) is 5.56 Å². The molecule has 10 heteroatoms. The van der Waals surface area contributed by atoms with Crippen LogP contribution in [-0.4, -0.2) is 52.5 Å². The van der Waals surface area contributed by atoms with Crippen molar-refractivity contribution in [3.8, 4) is 5.88 Å². The molecule has 4 N–H and O–H groups in total. The lowest BCUT2D eigenvalue weighted by Crippen LogP contribution is -2.52. The standard InChI is InChI=1S/C26H43N5O5/c1-16(2)14-35-24-21(13-28-31(24)10-9-26(4,5)30-17(3)32)23(33)29-22-19-8-6-7-18(11-19)12-20(22)15-36-25(27)34/h13,16,18-20,22H,6-12,14-15H2,1-5H3,(H2,27,34)(H,29,33)(H,30,32)/t18?,19?,20?,22-/m0/s1. The van der Waals surface area contributed by atoms with Crippen LogP contribution in [0.3, 0.4) is 0 Å². The zero-order chi connectivity index (χ0) is 26.5. The summed E-state index contributed by atoms with van der Waals surface area (Å²) in [6, 6.07) is -0.103. The smallest absolute Gasteiger partial charge is 0.404 e. The largest absolute Gasteiger partial charge is 0.477 e. The van der Waals surface area contributed by atoms with Gasteiger partial charge in [0.15, 0.2) is 0 Å². The first kappa shape index (κ1) is 27.8. The van der Waals surface area contributed by atoms with Crippen LogP contribution in [0.1, 0.15) is 83.5 Å². The van der Waals surface area contributed by atoms with Crippen LogP contribution >= 0.6 is 0 Å². The molecule has 36 heavy (non-hydrogen) atoms. The number of nitrogens with one attached hydrogen (secondary N) is 2. The number of nitrogens with two attached hydrogens (primary N) is 1.